The normalized spacial score (nSPS) is 21.9. The second-order valence-electron chi connectivity index (χ2n) is 4.64. The summed E-state index contributed by atoms with van der Waals surface area (Å²) in [4.78, 5) is 0. The Kier molecular flexibility index (Phi) is 3.69. The highest BCUT2D eigenvalue weighted by Gasteiger charge is 2.36. The molecule has 0 aliphatic carbocycles. The maximum atomic E-state index is 5.95. The standard InChI is InChI=1S/C14H20O3/c1-4-16-14(3,9-13-10-15-13)17-12-7-5-11(2)6-8-12/h5-8,13H,4,9-10H2,1-3H3. The summed E-state index contributed by atoms with van der Waals surface area (Å²) in [7, 11) is 0. The molecule has 1 heterocycles. The molecule has 0 amide bonds. The number of rotatable bonds is 6. The van der Waals surface area contributed by atoms with Crippen LogP contribution >= 0.6 is 0 Å². The molecule has 2 rings (SSSR count). The number of benzene rings is 1. The van der Waals surface area contributed by atoms with Crippen molar-refractivity contribution in [2.24, 2.45) is 0 Å². The van der Waals surface area contributed by atoms with Gasteiger partial charge in [0.1, 0.15) is 5.75 Å². The van der Waals surface area contributed by atoms with Gasteiger partial charge >= 0.3 is 0 Å². The number of epoxide rings is 1. The van der Waals surface area contributed by atoms with Crippen molar-refractivity contribution in [2.75, 3.05) is 13.2 Å². The van der Waals surface area contributed by atoms with Crippen LogP contribution in [0.4, 0.5) is 0 Å². The number of aryl methyl sites for hydroxylation is 1. The lowest BCUT2D eigenvalue weighted by atomic mass is 10.1. The minimum absolute atomic E-state index is 0.289. The van der Waals surface area contributed by atoms with Crippen molar-refractivity contribution < 1.29 is 14.2 Å². The maximum absolute atomic E-state index is 5.95. The van der Waals surface area contributed by atoms with Crippen LogP contribution in [-0.2, 0) is 9.47 Å². The zero-order valence-electron chi connectivity index (χ0n) is 10.7. The van der Waals surface area contributed by atoms with Crippen LogP contribution in [-0.4, -0.2) is 25.1 Å². The lowest BCUT2D eigenvalue weighted by Gasteiger charge is -2.30. The fourth-order valence-electron chi connectivity index (χ4n) is 1.89. The Morgan fingerprint density at radius 1 is 1.35 bits per heavy atom. The average molecular weight is 236 g/mol. The van der Waals surface area contributed by atoms with Gasteiger partial charge in [-0.2, -0.15) is 0 Å². The van der Waals surface area contributed by atoms with Crippen molar-refractivity contribution in [1.29, 1.82) is 0 Å². The van der Waals surface area contributed by atoms with Gasteiger partial charge in [0.2, 0.25) is 5.79 Å². The summed E-state index contributed by atoms with van der Waals surface area (Å²) >= 11 is 0. The molecule has 3 heteroatoms. The SMILES string of the molecule is CCOC(C)(CC1CO1)Oc1ccc(C)cc1. The summed E-state index contributed by atoms with van der Waals surface area (Å²) in [5.74, 6) is 0.248. The van der Waals surface area contributed by atoms with Crippen LogP contribution in [0.15, 0.2) is 24.3 Å². The highest BCUT2D eigenvalue weighted by molar-refractivity contribution is 5.26. The van der Waals surface area contributed by atoms with Crippen LogP contribution < -0.4 is 4.74 Å². The third-order valence-electron chi connectivity index (χ3n) is 2.81. The van der Waals surface area contributed by atoms with Crippen LogP contribution in [0.2, 0.25) is 0 Å². The molecule has 1 saturated heterocycles. The molecule has 1 aromatic rings. The predicted octanol–water partition coefficient (Wildman–Crippen LogP) is 2.92. The van der Waals surface area contributed by atoms with Crippen molar-refractivity contribution in [3.8, 4) is 5.75 Å². The van der Waals surface area contributed by atoms with E-state index in [-0.39, 0.29) is 6.10 Å². The Morgan fingerprint density at radius 2 is 2.00 bits per heavy atom. The first kappa shape index (κ1) is 12.4. The van der Waals surface area contributed by atoms with Crippen LogP contribution in [0.3, 0.4) is 0 Å². The van der Waals surface area contributed by atoms with Gasteiger partial charge in [-0.05, 0) is 26.0 Å². The molecule has 3 nitrogen and oxygen atoms in total. The Morgan fingerprint density at radius 3 is 2.53 bits per heavy atom. The molecule has 0 aromatic heterocycles. The quantitative estimate of drug-likeness (QED) is 0.562. The molecule has 0 spiro atoms. The van der Waals surface area contributed by atoms with Crippen LogP contribution in [0.25, 0.3) is 0 Å². The summed E-state index contributed by atoms with van der Waals surface area (Å²) in [6, 6.07) is 8.02. The molecule has 1 aromatic carbocycles. The first-order valence-electron chi connectivity index (χ1n) is 6.12. The molecular weight excluding hydrogens is 216 g/mol. The lowest BCUT2D eigenvalue weighted by Crippen LogP contribution is -2.37. The van der Waals surface area contributed by atoms with Gasteiger partial charge in [0.25, 0.3) is 0 Å². The summed E-state index contributed by atoms with van der Waals surface area (Å²) in [5, 5.41) is 0. The van der Waals surface area contributed by atoms with Crippen molar-refractivity contribution in [2.45, 2.75) is 39.1 Å². The minimum Gasteiger partial charge on any atom is -0.463 e. The number of hydrogen-bond donors (Lipinski definition) is 0. The van der Waals surface area contributed by atoms with Crippen molar-refractivity contribution in [3.63, 3.8) is 0 Å². The van der Waals surface area contributed by atoms with Crippen molar-refractivity contribution >= 4 is 0 Å². The Bertz CT molecular complexity index is 356. The number of hydrogen-bond acceptors (Lipinski definition) is 3. The fourth-order valence-corrected chi connectivity index (χ4v) is 1.89. The zero-order chi connectivity index (χ0) is 12.3. The smallest absolute Gasteiger partial charge is 0.210 e. The van der Waals surface area contributed by atoms with E-state index in [0.29, 0.717) is 6.61 Å². The molecule has 2 unspecified atom stereocenters. The monoisotopic (exact) mass is 236 g/mol. The van der Waals surface area contributed by atoms with E-state index in [9.17, 15) is 0 Å². The van der Waals surface area contributed by atoms with E-state index in [2.05, 4.69) is 6.92 Å². The van der Waals surface area contributed by atoms with E-state index in [0.717, 1.165) is 18.8 Å². The highest BCUT2D eigenvalue weighted by Crippen LogP contribution is 2.29. The Hall–Kier alpha value is -1.06. The molecule has 1 aliphatic heterocycles. The van der Waals surface area contributed by atoms with Gasteiger partial charge in [0.15, 0.2) is 0 Å². The van der Waals surface area contributed by atoms with Crippen molar-refractivity contribution in [3.05, 3.63) is 29.8 Å². The Labute approximate surface area is 103 Å². The summed E-state index contributed by atoms with van der Waals surface area (Å²) in [5.41, 5.74) is 1.22. The molecule has 0 saturated carbocycles. The fraction of sp³-hybridized carbons (Fsp3) is 0.571. The van der Waals surface area contributed by atoms with Crippen LogP contribution in [0, 0.1) is 6.92 Å². The second-order valence-corrected chi connectivity index (χ2v) is 4.64. The summed E-state index contributed by atoms with van der Waals surface area (Å²) in [6.07, 6.45) is 1.06. The molecule has 17 heavy (non-hydrogen) atoms. The van der Waals surface area contributed by atoms with Gasteiger partial charge in [-0.1, -0.05) is 17.7 Å². The predicted molar refractivity (Wildman–Crippen MR) is 66.2 cm³/mol. The van der Waals surface area contributed by atoms with E-state index in [1.165, 1.54) is 5.56 Å². The topological polar surface area (TPSA) is 31.0 Å². The van der Waals surface area contributed by atoms with Gasteiger partial charge in [-0.15, -0.1) is 0 Å². The summed E-state index contributed by atoms with van der Waals surface area (Å²) in [6.45, 7) is 7.46. The minimum atomic E-state index is -0.592. The van der Waals surface area contributed by atoms with Gasteiger partial charge < -0.3 is 14.2 Å². The van der Waals surface area contributed by atoms with E-state index in [4.69, 9.17) is 14.2 Å². The van der Waals surface area contributed by atoms with Gasteiger partial charge in [0, 0.05) is 20.0 Å². The van der Waals surface area contributed by atoms with Crippen LogP contribution in [0.1, 0.15) is 25.8 Å². The average Bonchev–Trinajstić information content (AvgIpc) is 3.05. The first-order chi connectivity index (χ1) is 8.11. The Balaban J connectivity index is 2.02. The van der Waals surface area contributed by atoms with Crippen molar-refractivity contribution in [1.82, 2.24) is 0 Å². The van der Waals surface area contributed by atoms with E-state index < -0.39 is 5.79 Å². The van der Waals surface area contributed by atoms with E-state index >= 15 is 0 Å². The first-order valence-corrected chi connectivity index (χ1v) is 6.12. The maximum Gasteiger partial charge on any atom is 0.210 e. The molecule has 0 bridgehead atoms. The molecular formula is C14H20O3. The molecule has 0 radical (unpaired) electrons. The van der Waals surface area contributed by atoms with E-state index in [1.807, 2.05) is 38.1 Å². The molecule has 1 aliphatic rings. The van der Waals surface area contributed by atoms with Gasteiger partial charge in [0.05, 0.1) is 12.7 Å². The molecule has 2 atom stereocenters. The molecule has 94 valence electrons. The molecule has 1 fully saturated rings. The van der Waals surface area contributed by atoms with Gasteiger partial charge in [-0.25, -0.2) is 0 Å². The molecule has 0 N–H and O–H groups in total. The lowest BCUT2D eigenvalue weighted by molar-refractivity contribution is -0.173. The largest absolute Gasteiger partial charge is 0.463 e. The third-order valence-corrected chi connectivity index (χ3v) is 2.81. The van der Waals surface area contributed by atoms with Gasteiger partial charge in [-0.3, -0.25) is 0 Å². The summed E-state index contributed by atoms with van der Waals surface area (Å²) < 4.78 is 16.9. The van der Waals surface area contributed by atoms with Crippen LogP contribution in [0.5, 0.6) is 5.75 Å². The zero-order valence-corrected chi connectivity index (χ0v) is 10.7. The van der Waals surface area contributed by atoms with E-state index in [1.54, 1.807) is 0 Å². The third kappa shape index (κ3) is 3.72. The highest BCUT2D eigenvalue weighted by atomic mass is 16.7. The second kappa shape index (κ2) is 5.07. The number of ether oxygens (including phenoxy) is 3.